The summed E-state index contributed by atoms with van der Waals surface area (Å²) < 4.78 is 86.4. The van der Waals surface area contributed by atoms with Gasteiger partial charge in [-0.05, 0) is 24.3 Å². The van der Waals surface area contributed by atoms with Crippen molar-refractivity contribution in [3.8, 4) is 5.75 Å². The van der Waals surface area contributed by atoms with Gasteiger partial charge in [0.2, 0.25) is 16.4 Å². The van der Waals surface area contributed by atoms with Crippen molar-refractivity contribution in [2.75, 3.05) is 31.1 Å². The minimum absolute atomic E-state index is 0.0232. The lowest BCUT2D eigenvalue weighted by Gasteiger charge is -2.32. The zero-order valence-corrected chi connectivity index (χ0v) is 16.1. The molecule has 1 saturated heterocycles. The van der Waals surface area contributed by atoms with Gasteiger partial charge in [-0.1, -0.05) is 5.16 Å². The van der Waals surface area contributed by atoms with Crippen LogP contribution in [0.3, 0.4) is 0 Å². The molecule has 1 unspecified atom stereocenters. The van der Waals surface area contributed by atoms with Crippen LogP contribution in [0, 0.1) is 0 Å². The zero-order chi connectivity index (χ0) is 21.2. The number of piperazine rings is 1. The summed E-state index contributed by atoms with van der Waals surface area (Å²) in [5, 5.41) is 3.30. The third kappa shape index (κ3) is 5.35. The number of halogens is 4. The van der Waals surface area contributed by atoms with E-state index in [1.165, 1.54) is 40.4 Å². The smallest absolute Gasteiger partial charge is 0.396 e. The van der Waals surface area contributed by atoms with E-state index in [9.17, 15) is 26.0 Å². The third-order valence-electron chi connectivity index (χ3n) is 4.09. The third-order valence-corrected chi connectivity index (χ3v) is 6.00. The van der Waals surface area contributed by atoms with Crippen molar-refractivity contribution in [3.05, 3.63) is 30.1 Å². The van der Waals surface area contributed by atoms with Gasteiger partial charge in [-0.25, -0.2) is 12.8 Å². The maximum absolute atomic E-state index is 12.8. The SMILES string of the molecule is CC(F)Oc1ccc(S(=O)(=O)N2CCN(c3nc(CC(F)(F)F)no3)CC2)cc1. The van der Waals surface area contributed by atoms with Gasteiger partial charge in [0.1, 0.15) is 12.2 Å². The second kappa shape index (κ2) is 8.14. The minimum Gasteiger partial charge on any atom is -0.461 e. The molecule has 29 heavy (non-hydrogen) atoms. The number of aromatic nitrogens is 2. The quantitative estimate of drug-likeness (QED) is 0.640. The molecule has 1 aliphatic rings. The largest absolute Gasteiger partial charge is 0.461 e. The molecule has 0 bridgehead atoms. The first-order valence-electron chi connectivity index (χ1n) is 8.60. The predicted octanol–water partition coefficient (Wildman–Crippen LogP) is 2.38. The molecule has 0 N–H and O–H groups in total. The molecule has 1 aromatic carbocycles. The summed E-state index contributed by atoms with van der Waals surface area (Å²) in [6, 6.07) is 5.28. The van der Waals surface area contributed by atoms with Gasteiger partial charge < -0.3 is 14.2 Å². The zero-order valence-electron chi connectivity index (χ0n) is 15.3. The molecule has 1 aliphatic heterocycles. The minimum atomic E-state index is -4.45. The summed E-state index contributed by atoms with van der Waals surface area (Å²) in [4.78, 5) is 5.26. The lowest BCUT2D eigenvalue weighted by atomic mass is 10.3. The second-order valence-electron chi connectivity index (χ2n) is 6.31. The fraction of sp³-hybridized carbons (Fsp3) is 0.500. The highest BCUT2D eigenvalue weighted by Gasteiger charge is 2.33. The highest BCUT2D eigenvalue weighted by molar-refractivity contribution is 7.89. The van der Waals surface area contributed by atoms with E-state index >= 15 is 0 Å². The number of sulfonamides is 1. The number of anilines is 1. The van der Waals surface area contributed by atoms with E-state index in [-0.39, 0.29) is 42.8 Å². The first-order chi connectivity index (χ1) is 13.5. The van der Waals surface area contributed by atoms with Crippen LogP contribution >= 0.6 is 0 Å². The van der Waals surface area contributed by atoms with E-state index in [1.807, 2.05) is 0 Å². The topological polar surface area (TPSA) is 88.8 Å². The van der Waals surface area contributed by atoms with Crippen LogP contribution in [0.25, 0.3) is 0 Å². The normalized spacial score (nSPS) is 17.3. The van der Waals surface area contributed by atoms with Gasteiger partial charge in [-0.3, -0.25) is 0 Å². The molecule has 160 valence electrons. The Labute approximate surface area is 164 Å². The summed E-state index contributed by atoms with van der Waals surface area (Å²) in [7, 11) is -3.79. The standard InChI is InChI=1S/C16H18F4N4O4S/c1-11(17)27-12-2-4-13(5-3-12)29(25,26)24-8-6-23(7-9-24)15-21-14(22-28-15)10-16(18,19)20/h2-5,11H,6-10H2,1H3. The highest BCUT2D eigenvalue weighted by Crippen LogP contribution is 2.24. The van der Waals surface area contributed by atoms with Gasteiger partial charge in [0, 0.05) is 33.1 Å². The Bertz CT molecular complexity index is 923. The van der Waals surface area contributed by atoms with E-state index in [1.54, 1.807) is 0 Å². The van der Waals surface area contributed by atoms with Crippen molar-refractivity contribution >= 4 is 16.0 Å². The Hall–Kier alpha value is -2.41. The Morgan fingerprint density at radius 3 is 2.34 bits per heavy atom. The molecular formula is C16H18F4N4O4S. The molecule has 1 aromatic heterocycles. The van der Waals surface area contributed by atoms with E-state index in [0.29, 0.717) is 0 Å². The predicted molar refractivity (Wildman–Crippen MR) is 92.7 cm³/mol. The molecule has 8 nitrogen and oxygen atoms in total. The van der Waals surface area contributed by atoms with Gasteiger partial charge in [0.05, 0.1) is 4.90 Å². The van der Waals surface area contributed by atoms with Gasteiger partial charge in [0.15, 0.2) is 5.82 Å². The van der Waals surface area contributed by atoms with Crippen LogP contribution in [-0.2, 0) is 16.4 Å². The van der Waals surface area contributed by atoms with E-state index in [0.717, 1.165) is 0 Å². The van der Waals surface area contributed by atoms with Crippen LogP contribution in [0.1, 0.15) is 12.7 Å². The molecule has 13 heteroatoms. The monoisotopic (exact) mass is 438 g/mol. The van der Waals surface area contributed by atoms with Crippen LogP contribution in [0.5, 0.6) is 5.75 Å². The number of hydrogen-bond acceptors (Lipinski definition) is 7. The summed E-state index contributed by atoms with van der Waals surface area (Å²) in [5.74, 6) is -0.276. The van der Waals surface area contributed by atoms with Crippen LogP contribution in [0.4, 0.5) is 23.6 Å². The molecule has 0 saturated carbocycles. The van der Waals surface area contributed by atoms with Gasteiger partial charge in [0.25, 0.3) is 0 Å². The van der Waals surface area contributed by atoms with Crippen LogP contribution in [-0.4, -0.2) is 61.6 Å². The van der Waals surface area contributed by atoms with Crippen LogP contribution < -0.4 is 9.64 Å². The molecule has 0 aliphatic carbocycles. The second-order valence-corrected chi connectivity index (χ2v) is 8.25. The Kier molecular flexibility index (Phi) is 5.98. The van der Waals surface area contributed by atoms with Crippen molar-refractivity contribution in [2.24, 2.45) is 0 Å². The first kappa shape index (κ1) is 21.3. The van der Waals surface area contributed by atoms with E-state index in [2.05, 4.69) is 10.1 Å². The average molecular weight is 438 g/mol. The molecule has 1 fully saturated rings. The molecule has 0 radical (unpaired) electrons. The molecule has 2 heterocycles. The Balaban J connectivity index is 1.62. The van der Waals surface area contributed by atoms with Crippen molar-refractivity contribution < 1.29 is 35.2 Å². The van der Waals surface area contributed by atoms with Crippen LogP contribution in [0.2, 0.25) is 0 Å². The lowest BCUT2D eigenvalue weighted by Crippen LogP contribution is -2.48. The highest BCUT2D eigenvalue weighted by atomic mass is 32.2. The fourth-order valence-corrected chi connectivity index (χ4v) is 4.19. The Morgan fingerprint density at radius 2 is 1.79 bits per heavy atom. The maximum atomic E-state index is 12.8. The molecule has 0 amide bonds. The number of ether oxygens (including phenoxy) is 1. The molecular weight excluding hydrogens is 420 g/mol. The fourth-order valence-electron chi connectivity index (χ4n) is 2.77. The van der Waals surface area contributed by atoms with Crippen molar-refractivity contribution in [1.82, 2.24) is 14.4 Å². The van der Waals surface area contributed by atoms with E-state index < -0.39 is 34.8 Å². The Morgan fingerprint density at radius 1 is 1.17 bits per heavy atom. The molecule has 0 spiro atoms. The van der Waals surface area contributed by atoms with Crippen molar-refractivity contribution in [1.29, 1.82) is 0 Å². The van der Waals surface area contributed by atoms with Gasteiger partial charge >= 0.3 is 12.2 Å². The molecule has 3 rings (SSSR count). The number of rotatable bonds is 6. The van der Waals surface area contributed by atoms with Crippen LogP contribution in [0.15, 0.2) is 33.7 Å². The lowest BCUT2D eigenvalue weighted by molar-refractivity contribution is -0.128. The first-order valence-corrected chi connectivity index (χ1v) is 10.0. The van der Waals surface area contributed by atoms with Gasteiger partial charge in [-0.2, -0.15) is 22.5 Å². The maximum Gasteiger partial charge on any atom is 0.396 e. The summed E-state index contributed by atoms with van der Waals surface area (Å²) in [6.07, 6.45) is -7.27. The number of benzene rings is 1. The molecule has 1 atom stereocenters. The number of hydrogen-bond donors (Lipinski definition) is 0. The van der Waals surface area contributed by atoms with Crippen molar-refractivity contribution in [3.63, 3.8) is 0 Å². The molecule has 2 aromatic rings. The number of alkyl halides is 4. The summed E-state index contributed by atoms with van der Waals surface area (Å²) in [5.41, 5.74) is 0. The van der Waals surface area contributed by atoms with Crippen molar-refractivity contribution in [2.45, 2.75) is 30.8 Å². The summed E-state index contributed by atoms with van der Waals surface area (Å²) in [6.45, 7) is 1.72. The number of nitrogens with zero attached hydrogens (tertiary/aromatic N) is 4. The average Bonchev–Trinajstić information content (AvgIpc) is 3.08. The van der Waals surface area contributed by atoms with Gasteiger partial charge in [-0.15, -0.1) is 0 Å². The van der Waals surface area contributed by atoms with E-state index in [4.69, 9.17) is 9.26 Å². The summed E-state index contributed by atoms with van der Waals surface area (Å²) >= 11 is 0.